The Morgan fingerprint density at radius 2 is 1.32 bits per heavy atom. The van der Waals surface area contributed by atoms with Gasteiger partial charge in [-0.05, 0) is 63.7 Å². The van der Waals surface area contributed by atoms with Crippen molar-refractivity contribution in [2.75, 3.05) is 7.11 Å². The highest BCUT2D eigenvalue weighted by Crippen LogP contribution is 2.60. The molecule has 4 aliphatic rings. The molecule has 0 saturated carbocycles. The fraction of sp³-hybridized carbons (Fsp3) is 0.182. The van der Waals surface area contributed by atoms with Crippen LogP contribution in [0.1, 0.15) is 45.2 Å². The van der Waals surface area contributed by atoms with Crippen LogP contribution in [0.2, 0.25) is 5.02 Å². The van der Waals surface area contributed by atoms with Gasteiger partial charge in [-0.25, -0.2) is 0 Å². The molecule has 0 radical (unpaired) electrons. The lowest BCUT2D eigenvalue weighted by Crippen LogP contribution is -2.41. The van der Waals surface area contributed by atoms with Crippen LogP contribution in [0.15, 0.2) is 96.1 Å². The van der Waals surface area contributed by atoms with Crippen molar-refractivity contribution in [3.8, 4) is 11.5 Å². The first-order valence-corrected chi connectivity index (χ1v) is 13.6. The number of rotatable bonds is 6. The standard InChI is InChI=1S/C33H25ClN2O4/c1-39-27-16-20(12-15-26(27)40-18-19-10-13-21(34)14-11-19)17-35-36-32(37)30-28-22-6-2-3-7-23(22)29(31(30)33(36)38)25-9-5-4-8-24(25)28/h2-17,28-31H,18H2,1H3/b35-17+. The maximum absolute atomic E-state index is 13.7. The number of hydrazone groups is 1. The highest BCUT2D eigenvalue weighted by molar-refractivity contribution is 6.30. The summed E-state index contributed by atoms with van der Waals surface area (Å²) in [6, 6.07) is 29.2. The van der Waals surface area contributed by atoms with E-state index in [-0.39, 0.29) is 23.7 Å². The number of nitrogens with zero attached hydrogens (tertiary/aromatic N) is 2. The molecule has 2 bridgehead atoms. The first-order valence-electron chi connectivity index (χ1n) is 13.2. The van der Waals surface area contributed by atoms with Crippen molar-refractivity contribution in [1.29, 1.82) is 0 Å². The molecular formula is C33H25ClN2O4. The summed E-state index contributed by atoms with van der Waals surface area (Å²) >= 11 is 5.97. The molecule has 1 saturated heterocycles. The van der Waals surface area contributed by atoms with Gasteiger partial charge in [0, 0.05) is 16.9 Å². The van der Waals surface area contributed by atoms with Crippen molar-refractivity contribution < 1.29 is 19.1 Å². The van der Waals surface area contributed by atoms with Gasteiger partial charge in [0.25, 0.3) is 11.8 Å². The number of hydrogen-bond donors (Lipinski definition) is 0. The van der Waals surface area contributed by atoms with Crippen molar-refractivity contribution >= 4 is 29.6 Å². The van der Waals surface area contributed by atoms with Crippen molar-refractivity contribution in [3.05, 3.63) is 129 Å². The average Bonchev–Trinajstić information content (AvgIpc) is 3.25. The molecule has 6 nitrogen and oxygen atoms in total. The van der Waals surface area contributed by atoms with E-state index < -0.39 is 11.8 Å². The molecule has 8 rings (SSSR count). The number of carbonyl (C=O) groups is 2. The SMILES string of the molecule is COc1cc(/C=N/N2C(=O)C3C4c5ccccc5C(c5ccccc54)C3C2=O)ccc1OCc1ccc(Cl)cc1. The molecule has 4 aromatic rings. The normalized spacial score (nSPS) is 22.3. The molecule has 7 heteroatoms. The van der Waals surface area contributed by atoms with E-state index in [1.165, 1.54) is 6.21 Å². The zero-order valence-corrected chi connectivity index (χ0v) is 22.4. The van der Waals surface area contributed by atoms with Crippen LogP contribution in [0.25, 0.3) is 0 Å². The van der Waals surface area contributed by atoms with Gasteiger partial charge < -0.3 is 9.47 Å². The Balaban J connectivity index is 1.15. The van der Waals surface area contributed by atoms with Gasteiger partial charge in [0.1, 0.15) is 6.61 Å². The van der Waals surface area contributed by atoms with Crippen LogP contribution in [0.3, 0.4) is 0 Å². The molecule has 2 atom stereocenters. The average molecular weight is 549 g/mol. The minimum absolute atomic E-state index is 0.156. The number of hydrogen-bond acceptors (Lipinski definition) is 5. The van der Waals surface area contributed by atoms with Gasteiger partial charge in [-0.15, -0.1) is 0 Å². The molecule has 1 aliphatic heterocycles. The maximum atomic E-state index is 13.7. The van der Waals surface area contributed by atoms with E-state index in [9.17, 15) is 9.59 Å². The Morgan fingerprint density at radius 1 is 0.775 bits per heavy atom. The van der Waals surface area contributed by atoms with Gasteiger partial charge in [0.2, 0.25) is 0 Å². The third-order valence-electron chi connectivity index (χ3n) is 8.24. The van der Waals surface area contributed by atoms with E-state index in [2.05, 4.69) is 29.4 Å². The lowest BCUT2D eigenvalue weighted by atomic mass is 9.55. The molecular weight excluding hydrogens is 524 g/mol. The van der Waals surface area contributed by atoms with E-state index >= 15 is 0 Å². The Bertz CT molecular complexity index is 1570. The van der Waals surface area contributed by atoms with E-state index in [0.717, 1.165) is 32.8 Å². The fourth-order valence-corrected chi connectivity index (χ4v) is 6.65. The maximum Gasteiger partial charge on any atom is 0.254 e. The van der Waals surface area contributed by atoms with Gasteiger partial charge >= 0.3 is 0 Å². The zero-order valence-electron chi connectivity index (χ0n) is 21.7. The molecule has 0 N–H and O–H groups in total. The number of methoxy groups -OCH3 is 1. The lowest BCUT2D eigenvalue weighted by molar-refractivity contribution is -0.139. The van der Waals surface area contributed by atoms with Crippen molar-refractivity contribution in [2.24, 2.45) is 16.9 Å². The monoisotopic (exact) mass is 548 g/mol. The highest BCUT2D eigenvalue weighted by Gasteiger charge is 2.61. The summed E-state index contributed by atoms with van der Waals surface area (Å²) in [4.78, 5) is 27.5. The van der Waals surface area contributed by atoms with Crippen LogP contribution >= 0.6 is 11.6 Å². The number of amides is 2. The van der Waals surface area contributed by atoms with Gasteiger partial charge in [-0.1, -0.05) is 72.3 Å². The second kappa shape index (κ2) is 9.65. The third-order valence-corrected chi connectivity index (χ3v) is 8.49. The quantitative estimate of drug-likeness (QED) is 0.214. The number of carbonyl (C=O) groups excluding carboxylic acids is 2. The summed E-state index contributed by atoms with van der Waals surface area (Å²) in [6.45, 7) is 0.355. The first kappa shape index (κ1) is 24.6. The Labute approximate surface area is 236 Å². The second-order valence-corrected chi connectivity index (χ2v) is 10.8. The highest BCUT2D eigenvalue weighted by atomic mass is 35.5. The first-order chi connectivity index (χ1) is 19.5. The summed E-state index contributed by atoms with van der Waals surface area (Å²) in [5.41, 5.74) is 6.21. The van der Waals surface area contributed by atoms with Gasteiger partial charge in [0.15, 0.2) is 11.5 Å². The fourth-order valence-electron chi connectivity index (χ4n) is 6.53. The van der Waals surface area contributed by atoms with Crippen molar-refractivity contribution in [1.82, 2.24) is 5.01 Å². The molecule has 2 unspecified atom stereocenters. The van der Waals surface area contributed by atoms with Gasteiger partial charge in [-0.2, -0.15) is 10.1 Å². The molecule has 2 amide bonds. The topological polar surface area (TPSA) is 68.2 Å². The molecule has 1 fully saturated rings. The van der Waals surface area contributed by atoms with Gasteiger partial charge in [-0.3, -0.25) is 9.59 Å². The van der Waals surface area contributed by atoms with Crippen LogP contribution < -0.4 is 9.47 Å². The van der Waals surface area contributed by atoms with E-state index in [0.29, 0.717) is 28.7 Å². The lowest BCUT2D eigenvalue weighted by Gasteiger charge is -2.45. The summed E-state index contributed by atoms with van der Waals surface area (Å²) < 4.78 is 11.5. The van der Waals surface area contributed by atoms with Crippen molar-refractivity contribution in [2.45, 2.75) is 18.4 Å². The van der Waals surface area contributed by atoms with Crippen LogP contribution in [0.4, 0.5) is 0 Å². The minimum atomic E-state index is -0.461. The van der Waals surface area contributed by atoms with Gasteiger partial charge in [0.05, 0.1) is 25.2 Å². The molecule has 1 heterocycles. The van der Waals surface area contributed by atoms with E-state index in [4.69, 9.17) is 21.1 Å². The second-order valence-electron chi connectivity index (χ2n) is 10.3. The van der Waals surface area contributed by atoms with Crippen LogP contribution in [0.5, 0.6) is 11.5 Å². The number of imide groups is 1. The van der Waals surface area contributed by atoms with Crippen molar-refractivity contribution in [3.63, 3.8) is 0 Å². The summed E-state index contributed by atoms with van der Waals surface area (Å²) in [5.74, 6) is -0.640. The molecule has 198 valence electrons. The largest absolute Gasteiger partial charge is 0.493 e. The predicted octanol–water partition coefficient (Wildman–Crippen LogP) is 6.15. The molecule has 0 spiro atoms. The molecule has 4 aromatic carbocycles. The van der Waals surface area contributed by atoms with E-state index in [1.807, 2.05) is 54.6 Å². The Morgan fingerprint density at radius 3 is 1.85 bits per heavy atom. The minimum Gasteiger partial charge on any atom is -0.493 e. The smallest absolute Gasteiger partial charge is 0.254 e. The van der Waals surface area contributed by atoms with Crippen LogP contribution in [-0.4, -0.2) is 30.1 Å². The Hall–Kier alpha value is -4.42. The molecule has 0 aromatic heterocycles. The zero-order chi connectivity index (χ0) is 27.4. The molecule has 40 heavy (non-hydrogen) atoms. The van der Waals surface area contributed by atoms with Crippen LogP contribution in [-0.2, 0) is 16.2 Å². The molecule has 3 aliphatic carbocycles. The van der Waals surface area contributed by atoms with Crippen LogP contribution in [0, 0.1) is 11.8 Å². The predicted molar refractivity (Wildman–Crippen MR) is 152 cm³/mol. The number of benzene rings is 4. The summed E-state index contributed by atoms with van der Waals surface area (Å²) in [5, 5.41) is 6.15. The number of ether oxygens (including phenoxy) is 2. The summed E-state index contributed by atoms with van der Waals surface area (Å²) in [7, 11) is 1.56. The third kappa shape index (κ3) is 3.82. The Kier molecular flexibility index (Phi) is 5.93. The summed E-state index contributed by atoms with van der Waals surface area (Å²) in [6.07, 6.45) is 1.53. The number of halogens is 1. The van der Waals surface area contributed by atoms with E-state index in [1.54, 1.807) is 19.2 Å².